The van der Waals surface area contributed by atoms with Crippen molar-refractivity contribution in [2.75, 3.05) is 33.2 Å². The molecule has 1 saturated heterocycles. The van der Waals surface area contributed by atoms with Gasteiger partial charge in [-0.15, -0.1) is 0 Å². The Hall–Kier alpha value is -0.120. The van der Waals surface area contributed by atoms with Crippen molar-refractivity contribution in [3.8, 4) is 0 Å². The molecule has 0 atom stereocenters. The Morgan fingerprint density at radius 2 is 1.53 bits per heavy atom. The molecule has 1 heterocycles. The molecule has 0 spiro atoms. The van der Waals surface area contributed by atoms with Gasteiger partial charge in [0.05, 0.1) is 0 Å². The number of nitrogens with one attached hydrogen (secondary N) is 1. The molecule has 0 saturated carbocycles. The highest BCUT2D eigenvalue weighted by atomic mass is 15.5. The minimum Gasteiger partial charge on any atom is -0.304 e. The summed E-state index contributed by atoms with van der Waals surface area (Å²) in [6.07, 6.45) is 5.18. The maximum Gasteiger partial charge on any atom is 0.0259 e. The van der Waals surface area contributed by atoms with Crippen molar-refractivity contribution >= 4 is 0 Å². The first-order chi connectivity index (χ1) is 7.26. The molecule has 0 radical (unpaired) electrons. The molecule has 1 rings (SSSR count). The van der Waals surface area contributed by atoms with Crippen LogP contribution in [0.1, 0.15) is 39.5 Å². The molecule has 0 aromatic carbocycles. The minimum atomic E-state index is 0.698. The van der Waals surface area contributed by atoms with Gasteiger partial charge in [-0.2, -0.15) is 0 Å². The number of hydrazine groups is 1. The van der Waals surface area contributed by atoms with E-state index in [9.17, 15) is 0 Å². The van der Waals surface area contributed by atoms with Crippen molar-refractivity contribution in [2.24, 2.45) is 0 Å². The highest BCUT2D eigenvalue weighted by Crippen LogP contribution is 2.06. The Morgan fingerprint density at radius 1 is 1.00 bits per heavy atom. The second-order valence-corrected chi connectivity index (χ2v) is 4.69. The van der Waals surface area contributed by atoms with E-state index in [1.807, 2.05) is 0 Å². The lowest BCUT2D eigenvalue weighted by Gasteiger charge is -2.35. The van der Waals surface area contributed by atoms with Crippen molar-refractivity contribution in [3.63, 3.8) is 0 Å². The molecule has 0 amide bonds. The molecule has 1 aliphatic rings. The standard InChI is InChI=1S/C12H27N3/c1-4-6-12(7-5-2)13-15-10-8-14(3)9-11-15/h12-13H,4-11H2,1-3H3. The largest absolute Gasteiger partial charge is 0.304 e. The Balaban J connectivity index is 2.24. The van der Waals surface area contributed by atoms with Gasteiger partial charge in [0, 0.05) is 32.2 Å². The highest BCUT2D eigenvalue weighted by Gasteiger charge is 2.16. The van der Waals surface area contributed by atoms with Crippen molar-refractivity contribution in [1.29, 1.82) is 0 Å². The number of piperazine rings is 1. The molecule has 0 aromatic rings. The van der Waals surface area contributed by atoms with Gasteiger partial charge >= 0.3 is 0 Å². The van der Waals surface area contributed by atoms with Gasteiger partial charge in [0.25, 0.3) is 0 Å². The number of hydrogen-bond donors (Lipinski definition) is 1. The first-order valence-corrected chi connectivity index (χ1v) is 6.46. The second-order valence-electron chi connectivity index (χ2n) is 4.69. The lowest BCUT2D eigenvalue weighted by atomic mass is 10.1. The van der Waals surface area contributed by atoms with E-state index in [1.165, 1.54) is 51.9 Å². The summed E-state index contributed by atoms with van der Waals surface area (Å²) in [5.41, 5.74) is 3.68. The summed E-state index contributed by atoms with van der Waals surface area (Å²) < 4.78 is 0. The van der Waals surface area contributed by atoms with Crippen LogP contribution in [0.2, 0.25) is 0 Å². The third-order valence-corrected chi connectivity index (χ3v) is 3.14. The third kappa shape index (κ3) is 4.96. The Bertz CT molecular complexity index is 147. The molecule has 0 aliphatic carbocycles. The van der Waals surface area contributed by atoms with Crippen molar-refractivity contribution in [2.45, 2.75) is 45.6 Å². The number of nitrogens with zero attached hydrogens (tertiary/aromatic N) is 2. The lowest BCUT2D eigenvalue weighted by Crippen LogP contribution is -2.53. The van der Waals surface area contributed by atoms with Crippen LogP contribution in [0.25, 0.3) is 0 Å². The van der Waals surface area contributed by atoms with Crippen LogP contribution in [0.3, 0.4) is 0 Å². The van der Waals surface area contributed by atoms with Crippen LogP contribution in [0.15, 0.2) is 0 Å². The Kier molecular flexibility index (Phi) is 6.22. The summed E-state index contributed by atoms with van der Waals surface area (Å²) in [4.78, 5) is 2.40. The summed E-state index contributed by atoms with van der Waals surface area (Å²) in [6.45, 7) is 9.26. The van der Waals surface area contributed by atoms with Crippen molar-refractivity contribution < 1.29 is 0 Å². The van der Waals surface area contributed by atoms with E-state index >= 15 is 0 Å². The van der Waals surface area contributed by atoms with Crippen molar-refractivity contribution in [1.82, 2.24) is 15.3 Å². The number of hydrogen-bond acceptors (Lipinski definition) is 3. The van der Waals surface area contributed by atoms with Gasteiger partial charge in [-0.05, 0) is 19.9 Å². The topological polar surface area (TPSA) is 18.5 Å². The molecule has 0 aromatic heterocycles. The van der Waals surface area contributed by atoms with Gasteiger partial charge in [0.15, 0.2) is 0 Å². The van der Waals surface area contributed by atoms with Crippen molar-refractivity contribution in [3.05, 3.63) is 0 Å². The molecule has 1 fully saturated rings. The quantitative estimate of drug-likeness (QED) is 0.724. The fraction of sp³-hybridized carbons (Fsp3) is 1.00. The van der Waals surface area contributed by atoms with Crippen LogP contribution in [-0.4, -0.2) is 49.2 Å². The van der Waals surface area contributed by atoms with Gasteiger partial charge in [0.1, 0.15) is 0 Å². The van der Waals surface area contributed by atoms with E-state index in [1.54, 1.807) is 0 Å². The third-order valence-electron chi connectivity index (χ3n) is 3.14. The van der Waals surface area contributed by atoms with Crippen LogP contribution in [0.5, 0.6) is 0 Å². The first kappa shape index (κ1) is 12.9. The van der Waals surface area contributed by atoms with Gasteiger partial charge in [-0.3, -0.25) is 5.43 Å². The number of likely N-dealkylation sites (N-methyl/N-ethyl adjacent to an activating group) is 1. The van der Waals surface area contributed by atoms with E-state index in [-0.39, 0.29) is 0 Å². The molecule has 0 unspecified atom stereocenters. The monoisotopic (exact) mass is 213 g/mol. The van der Waals surface area contributed by atoms with Gasteiger partial charge in [0.2, 0.25) is 0 Å². The summed E-state index contributed by atoms with van der Waals surface area (Å²) in [6, 6.07) is 0.698. The second kappa shape index (κ2) is 7.20. The first-order valence-electron chi connectivity index (χ1n) is 6.46. The summed E-state index contributed by atoms with van der Waals surface area (Å²) in [5, 5.41) is 2.41. The Labute approximate surface area is 94.8 Å². The van der Waals surface area contributed by atoms with E-state index in [0.717, 1.165) is 0 Å². The average molecular weight is 213 g/mol. The SMILES string of the molecule is CCCC(CCC)NN1CCN(C)CC1. The zero-order valence-electron chi connectivity index (χ0n) is 10.6. The fourth-order valence-corrected chi connectivity index (χ4v) is 2.16. The average Bonchev–Trinajstić information content (AvgIpc) is 2.22. The zero-order valence-corrected chi connectivity index (χ0v) is 10.6. The number of rotatable bonds is 6. The summed E-state index contributed by atoms with van der Waals surface area (Å²) in [5.74, 6) is 0. The molecule has 3 heteroatoms. The molecule has 0 bridgehead atoms. The predicted octanol–water partition coefficient (Wildman–Crippen LogP) is 1.71. The Morgan fingerprint density at radius 3 is 2.00 bits per heavy atom. The molecule has 90 valence electrons. The summed E-state index contributed by atoms with van der Waals surface area (Å²) in [7, 11) is 2.20. The van der Waals surface area contributed by atoms with Crippen LogP contribution in [0, 0.1) is 0 Å². The molecule has 3 nitrogen and oxygen atoms in total. The van der Waals surface area contributed by atoms with E-state index in [2.05, 4.69) is 36.2 Å². The smallest absolute Gasteiger partial charge is 0.0259 e. The van der Waals surface area contributed by atoms with E-state index in [4.69, 9.17) is 0 Å². The highest BCUT2D eigenvalue weighted by molar-refractivity contribution is 4.70. The van der Waals surface area contributed by atoms with Gasteiger partial charge < -0.3 is 4.90 Å². The van der Waals surface area contributed by atoms with E-state index in [0.29, 0.717) is 6.04 Å². The maximum absolute atomic E-state index is 3.68. The van der Waals surface area contributed by atoms with Crippen LogP contribution >= 0.6 is 0 Å². The van der Waals surface area contributed by atoms with Crippen LogP contribution in [-0.2, 0) is 0 Å². The predicted molar refractivity (Wildman–Crippen MR) is 65.8 cm³/mol. The van der Waals surface area contributed by atoms with Gasteiger partial charge in [-0.1, -0.05) is 26.7 Å². The lowest BCUT2D eigenvalue weighted by molar-refractivity contribution is 0.0825. The van der Waals surface area contributed by atoms with Crippen LogP contribution < -0.4 is 5.43 Å². The normalized spacial score (nSPS) is 20.0. The summed E-state index contributed by atoms with van der Waals surface area (Å²) >= 11 is 0. The zero-order chi connectivity index (χ0) is 11.1. The molecule has 1 aliphatic heterocycles. The minimum absolute atomic E-state index is 0.698. The van der Waals surface area contributed by atoms with Crippen LogP contribution in [0.4, 0.5) is 0 Å². The molecule has 1 N–H and O–H groups in total. The molecular formula is C12H27N3. The maximum atomic E-state index is 3.68. The van der Waals surface area contributed by atoms with E-state index < -0.39 is 0 Å². The molecule has 15 heavy (non-hydrogen) atoms. The molecular weight excluding hydrogens is 186 g/mol. The fourth-order valence-electron chi connectivity index (χ4n) is 2.16. The van der Waals surface area contributed by atoms with Gasteiger partial charge in [-0.25, -0.2) is 5.01 Å².